The molecule has 0 N–H and O–H groups in total. The molecule has 0 amide bonds. The van der Waals surface area contributed by atoms with Gasteiger partial charge >= 0.3 is 0 Å². The van der Waals surface area contributed by atoms with Crippen LogP contribution < -0.4 is 0 Å². The fourth-order valence-corrected chi connectivity index (χ4v) is 3.82. The Hall–Kier alpha value is 0.380. The number of halogens is 3. The molecule has 15 heavy (non-hydrogen) atoms. The molecule has 2 aromatic carbocycles. The molecule has 0 aliphatic carbocycles. The second kappa shape index (κ2) is 5.14. The summed E-state index contributed by atoms with van der Waals surface area (Å²) in [5.41, 5.74) is 2.57. The average molecular weight is 485 g/mol. The van der Waals surface area contributed by atoms with E-state index in [2.05, 4.69) is 104 Å². The predicted molar refractivity (Wildman–Crippen MR) is 85.0 cm³/mol. The Morgan fingerprint density at radius 3 is 2.13 bits per heavy atom. The van der Waals surface area contributed by atoms with Crippen LogP contribution in [0.25, 0.3) is 11.1 Å². The van der Waals surface area contributed by atoms with Crippen LogP contribution in [0.3, 0.4) is 0 Å². The largest absolute Gasteiger partial charge is 0.0616 e. The number of hydrogen-bond acceptors (Lipinski definition) is 0. The van der Waals surface area contributed by atoms with Gasteiger partial charge in [0, 0.05) is 17.2 Å². The SMILES string of the molecule is Brc1cccc(I)c1-c1ccccc1I. The molecule has 0 unspecified atom stereocenters. The highest BCUT2D eigenvalue weighted by Gasteiger charge is 2.09. The summed E-state index contributed by atoms with van der Waals surface area (Å²) in [6.45, 7) is 0. The van der Waals surface area contributed by atoms with Gasteiger partial charge in [-0.25, -0.2) is 0 Å². The van der Waals surface area contributed by atoms with Gasteiger partial charge in [0.05, 0.1) is 0 Å². The molecule has 0 aliphatic rings. The zero-order chi connectivity index (χ0) is 10.8. The minimum atomic E-state index is 1.15. The predicted octanol–water partition coefficient (Wildman–Crippen LogP) is 5.33. The topological polar surface area (TPSA) is 0 Å². The number of rotatable bonds is 1. The van der Waals surface area contributed by atoms with E-state index in [1.54, 1.807) is 0 Å². The van der Waals surface area contributed by atoms with Gasteiger partial charge in [0.25, 0.3) is 0 Å². The van der Waals surface area contributed by atoms with E-state index in [9.17, 15) is 0 Å². The smallest absolute Gasteiger partial charge is 0.0264 e. The third kappa shape index (κ3) is 2.55. The van der Waals surface area contributed by atoms with Crippen molar-refractivity contribution in [3.8, 4) is 11.1 Å². The molecule has 2 aromatic rings. The first-order chi connectivity index (χ1) is 7.20. The molecule has 0 saturated heterocycles. The number of benzene rings is 2. The van der Waals surface area contributed by atoms with Gasteiger partial charge in [0.15, 0.2) is 0 Å². The quantitative estimate of drug-likeness (QED) is 0.480. The Labute approximate surface area is 125 Å². The molecule has 3 heteroatoms. The fourth-order valence-electron chi connectivity index (χ4n) is 1.42. The van der Waals surface area contributed by atoms with Crippen LogP contribution in [0, 0.1) is 7.14 Å². The van der Waals surface area contributed by atoms with E-state index in [-0.39, 0.29) is 0 Å². The molecular formula is C12H7BrI2. The highest BCUT2D eigenvalue weighted by atomic mass is 127. The van der Waals surface area contributed by atoms with E-state index in [0.29, 0.717) is 0 Å². The zero-order valence-electron chi connectivity index (χ0n) is 7.68. The maximum absolute atomic E-state index is 3.61. The first-order valence-electron chi connectivity index (χ1n) is 4.39. The second-order valence-electron chi connectivity index (χ2n) is 3.08. The molecule has 2 rings (SSSR count). The standard InChI is InChI=1S/C12H7BrI2/c13-9-5-3-7-11(15)12(9)8-4-1-2-6-10(8)14/h1-7H. The summed E-state index contributed by atoms with van der Waals surface area (Å²) in [7, 11) is 0. The minimum Gasteiger partial charge on any atom is -0.0616 e. The summed E-state index contributed by atoms with van der Waals surface area (Å²) in [6, 6.07) is 14.7. The van der Waals surface area contributed by atoms with Crippen molar-refractivity contribution in [2.45, 2.75) is 0 Å². The molecule has 0 radical (unpaired) electrons. The molecule has 0 heterocycles. The Balaban J connectivity index is 2.69. The van der Waals surface area contributed by atoms with Crippen LogP contribution in [0.2, 0.25) is 0 Å². The van der Waals surface area contributed by atoms with Gasteiger partial charge in [-0.15, -0.1) is 0 Å². The van der Waals surface area contributed by atoms with Gasteiger partial charge in [0.2, 0.25) is 0 Å². The molecule has 0 saturated carbocycles. The van der Waals surface area contributed by atoms with E-state index in [4.69, 9.17) is 0 Å². The van der Waals surface area contributed by atoms with Crippen molar-refractivity contribution in [2.24, 2.45) is 0 Å². The molecule has 0 aliphatic heterocycles. The Morgan fingerprint density at radius 1 is 0.800 bits per heavy atom. The van der Waals surface area contributed by atoms with Crippen molar-refractivity contribution in [2.75, 3.05) is 0 Å². The van der Waals surface area contributed by atoms with Gasteiger partial charge in [0.1, 0.15) is 0 Å². The monoisotopic (exact) mass is 484 g/mol. The number of hydrogen-bond donors (Lipinski definition) is 0. The lowest BCUT2D eigenvalue weighted by Gasteiger charge is -2.09. The summed E-state index contributed by atoms with van der Waals surface area (Å²) in [5, 5.41) is 0. The van der Waals surface area contributed by atoms with Crippen LogP contribution in [-0.4, -0.2) is 0 Å². The van der Waals surface area contributed by atoms with Gasteiger partial charge < -0.3 is 0 Å². The molecular weight excluding hydrogens is 478 g/mol. The van der Waals surface area contributed by atoms with E-state index < -0.39 is 0 Å². The second-order valence-corrected chi connectivity index (χ2v) is 6.26. The van der Waals surface area contributed by atoms with Gasteiger partial charge in [-0.2, -0.15) is 0 Å². The maximum atomic E-state index is 3.61. The van der Waals surface area contributed by atoms with Crippen LogP contribution >= 0.6 is 61.1 Å². The zero-order valence-corrected chi connectivity index (χ0v) is 13.6. The summed E-state index contributed by atoms with van der Waals surface area (Å²) >= 11 is 8.36. The Morgan fingerprint density at radius 2 is 1.47 bits per heavy atom. The minimum absolute atomic E-state index is 1.15. The van der Waals surface area contributed by atoms with Crippen LogP contribution in [0.4, 0.5) is 0 Å². The van der Waals surface area contributed by atoms with Crippen molar-refractivity contribution in [1.29, 1.82) is 0 Å². The van der Waals surface area contributed by atoms with Crippen molar-refractivity contribution in [3.05, 3.63) is 54.1 Å². The van der Waals surface area contributed by atoms with Crippen LogP contribution in [0.5, 0.6) is 0 Å². The third-order valence-electron chi connectivity index (χ3n) is 2.11. The summed E-state index contributed by atoms with van der Waals surface area (Å²) in [4.78, 5) is 0. The first kappa shape index (κ1) is 11.9. The lowest BCUT2D eigenvalue weighted by atomic mass is 10.1. The molecule has 0 fully saturated rings. The van der Waals surface area contributed by atoms with Crippen molar-refractivity contribution >= 4 is 61.1 Å². The highest BCUT2D eigenvalue weighted by Crippen LogP contribution is 2.34. The molecule has 0 nitrogen and oxygen atoms in total. The van der Waals surface area contributed by atoms with Crippen LogP contribution in [0.15, 0.2) is 46.9 Å². The van der Waals surface area contributed by atoms with Gasteiger partial charge in [-0.1, -0.05) is 40.2 Å². The van der Waals surface area contributed by atoms with E-state index in [0.717, 1.165) is 4.47 Å². The summed E-state index contributed by atoms with van der Waals surface area (Å²) in [6.07, 6.45) is 0. The molecule has 76 valence electrons. The normalized spacial score (nSPS) is 10.3. The Kier molecular flexibility index (Phi) is 4.06. The summed E-state index contributed by atoms with van der Waals surface area (Å²) in [5.74, 6) is 0. The maximum Gasteiger partial charge on any atom is 0.0264 e. The van der Waals surface area contributed by atoms with Crippen molar-refractivity contribution in [1.82, 2.24) is 0 Å². The first-order valence-corrected chi connectivity index (χ1v) is 7.34. The molecule has 0 aromatic heterocycles. The summed E-state index contributed by atoms with van der Waals surface area (Å²) < 4.78 is 3.70. The Bertz CT molecular complexity index is 474. The highest BCUT2D eigenvalue weighted by molar-refractivity contribution is 14.1. The lowest BCUT2D eigenvalue weighted by Crippen LogP contribution is -1.87. The van der Waals surface area contributed by atoms with E-state index in [1.165, 1.54) is 18.3 Å². The molecule has 0 bridgehead atoms. The average Bonchev–Trinajstić information content (AvgIpc) is 2.20. The van der Waals surface area contributed by atoms with Crippen molar-refractivity contribution < 1.29 is 0 Å². The molecule has 0 spiro atoms. The van der Waals surface area contributed by atoms with E-state index >= 15 is 0 Å². The van der Waals surface area contributed by atoms with Crippen LogP contribution in [0.1, 0.15) is 0 Å². The molecule has 0 atom stereocenters. The fraction of sp³-hybridized carbons (Fsp3) is 0. The lowest BCUT2D eigenvalue weighted by molar-refractivity contribution is 1.52. The van der Waals surface area contributed by atoms with Gasteiger partial charge in [-0.3, -0.25) is 0 Å². The third-order valence-corrected chi connectivity index (χ3v) is 4.61. The van der Waals surface area contributed by atoms with Gasteiger partial charge in [-0.05, 0) is 68.9 Å². The van der Waals surface area contributed by atoms with Crippen molar-refractivity contribution in [3.63, 3.8) is 0 Å². The van der Waals surface area contributed by atoms with E-state index in [1.807, 2.05) is 0 Å². The van der Waals surface area contributed by atoms with Crippen LogP contribution in [-0.2, 0) is 0 Å².